The monoisotopic (exact) mass is 441 g/mol. The van der Waals surface area contributed by atoms with Crippen LogP contribution in [-0.2, 0) is 12.8 Å². The van der Waals surface area contributed by atoms with Gasteiger partial charge in [0.1, 0.15) is 10.7 Å². The summed E-state index contributed by atoms with van der Waals surface area (Å²) in [5.41, 5.74) is 6.07. The van der Waals surface area contributed by atoms with Crippen molar-refractivity contribution in [1.82, 2.24) is 15.0 Å². The summed E-state index contributed by atoms with van der Waals surface area (Å²) in [7, 11) is 0. The van der Waals surface area contributed by atoms with Gasteiger partial charge in [-0.2, -0.15) is 13.2 Å². The van der Waals surface area contributed by atoms with Crippen LogP contribution in [0.15, 0.2) is 28.3 Å². The van der Waals surface area contributed by atoms with Gasteiger partial charge in [0.15, 0.2) is 11.5 Å². The molecule has 1 aliphatic rings. The summed E-state index contributed by atoms with van der Waals surface area (Å²) in [6.07, 6.45) is -1.68. The molecule has 1 aliphatic heterocycles. The maximum absolute atomic E-state index is 13.3. The van der Waals surface area contributed by atoms with Gasteiger partial charge < -0.3 is 15.7 Å². The van der Waals surface area contributed by atoms with Crippen molar-refractivity contribution < 1.29 is 18.3 Å². The molecule has 3 rings (SSSR count). The van der Waals surface area contributed by atoms with Gasteiger partial charge >= 0.3 is 6.18 Å². The summed E-state index contributed by atoms with van der Waals surface area (Å²) in [4.78, 5) is 14.5. The Labute approximate surface area is 178 Å². The molecule has 1 fully saturated rings. The second-order valence-electron chi connectivity index (χ2n) is 7.92. The summed E-state index contributed by atoms with van der Waals surface area (Å²) in [5, 5.41) is 10.2. The minimum absolute atomic E-state index is 0.0441. The predicted molar refractivity (Wildman–Crippen MR) is 109 cm³/mol. The first kappa shape index (κ1) is 22.8. The molecule has 3 heterocycles. The Bertz CT molecular complexity index is 898. The quantitative estimate of drug-likeness (QED) is 0.730. The van der Waals surface area contributed by atoms with Gasteiger partial charge in [0.05, 0.1) is 12.3 Å². The highest BCUT2D eigenvalue weighted by atomic mass is 32.2. The fourth-order valence-corrected chi connectivity index (χ4v) is 4.42. The summed E-state index contributed by atoms with van der Waals surface area (Å²) in [5.74, 6) is 0.577. The van der Waals surface area contributed by atoms with E-state index in [0.29, 0.717) is 22.2 Å². The van der Waals surface area contributed by atoms with Crippen LogP contribution < -0.4 is 10.6 Å². The third-order valence-corrected chi connectivity index (χ3v) is 6.91. The van der Waals surface area contributed by atoms with Crippen molar-refractivity contribution in [2.45, 2.75) is 62.4 Å². The third-order valence-electron chi connectivity index (χ3n) is 5.78. The standard InChI is InChI=1S/C20H26F3N5OS/c1-12-18(30-15-5-4-8-25-16(15)20(21,22)23)27-14(11-29)17(26-12)28-9-6-19(3,7-10-28)13(2)24/h4-5,8,13,29H,6-7,9-11,24H2,1-3H3/t13-/m1/s1. The molecule has 10 heteroatoms. The number of aryl methyl sites for hydroxylation is 1. The van der Waals surface area contributed by atoms with E-state index < -0.39 is 11.9 Å². The first-order valence-electron chi connectivity index (χ1n) is 9.74. The molecule has 2 aromatic rings. The second-order valence-corrected chi connectivity index (χ2v) is 8.95. The van der Waals surface area contributed by atoms with Gasteiger partial charge in [0.25, 0.3) is 0 Å². The van der Waals surface area contributed by atoms with E-state index in [1.807, 2.05) is 6.92 Å². The number of nitrogens with two attached hydrogens (primary N) is 1. The molecular weight excluding hydrogens is 415 g/mol. The molecule has 0 aliphatic carbocycles. The van der Waals surface area contributed by atoms with E-state index in [1.54, 1.807) is 6.92 Å². The normalized spacial score (nSPS) is 17.8. The molecule has 164 valence electrons. The first-order valence-corrected chi connectivity index (χ1v) is 10.6. The lowest BCUT2D eigenvalue weighted by molar-refractivity contribution is -0.143. The zero-order valence-corrected chi connectivity index (χ0v) is 18.0. The highest BCUT2D eigenvalue weighted by Gasteiger charge is 2.36. The SMILES string of the molecule is Cc1nc(N2CCC(C)([C@@H](C)N)CC2)c(CO)nc1Sc1cccnc1C(F)(F)F. The molecule has 0 spiro atoms. The Morgan fingerprint density at radius 2 is 1.97 bits per heavy atom. The topological polar surface area (TPSA) is 88.2 Å². The van der Waals surface area contributed by atoms with Crippen LogP contribution in [0, 0.1) is 12.3 Å². The first-order chi connectivity index (χ1) is 14.0. The van der Waals surface area contributed by atoms with Crippen LogP contribution in [0.2, 0.25) is 0 Å². The summed E-state index contributed by atoms with van der Waals surface area (Å²) < 4.78 is 39.8. The third kappa shape index (κ3) is 4.70. The molecule has 1 atom stereocenters. The van der Waals surface area contributed by atoms with Crippen molar-refractivity contribution in [2.24, 2.45) is 11.1 Å². The van der Waals surface area contributed by atoms with E-state index in [9.17, 15) is 18.3 Å². The lowest BCUT2D eigenvalue weighted by Crippen LogP contribution is -2.47. The number of pyridine rings is 1. The zero-order chi connectivity index (χ0) is 22.1. The van der Waals surface area contributed by atoms with Crippen LogP contribution in [-0.4, -0.2) is 39.2 Å². The number of nitrogens with zero attached hydrogens (tertiary/aromatic N) is 4. The molecular formula is C20H26F3N5OS. The largest absolute Gasteiger partial charge is 0.434 e. The maximum Gasteiger partial charge on any atom is 0.434 e. The highest BCUT2D eigenvalue weighted by Crippen LogP contribution is 2.40. The minimum Gasteiger partial charge on any atom is -0.390 e. The smallest absolute Gasteiger partial charge is 0.390 e. The van der Waals surface area contributed by atoms with Gasteiger partial charge in [-0.3, -0.25) is 4.98 Å². The van der Waals surface area contributed by atoms with Crippen LogP contribution in [0.3, 0.4) is 0 Å². The molecule has 30 heavy (non-hydrogen) atoms. The Morgan fingerprint density at radius 3 is 2.53 bits per heavy atom. The molecule has 1 saturated heterocycles. The van der Waals surface area contributed by atoms with E-state index in [2.05, 4.69) is 26.8 Å². The van der Waals surface area contributed by atoms with Gasteiger partial charge in [0.2, 0.25) is 0 Å². The number of aliphatic hydroxyl groups is 1. The number of halogens is 3. The van der Waals surface area contributed by atoms with Crippen LogP contribution in [0.4, 0.5) is 19.0 Å². The molecule has 0 radical (unpaired) electrons. The molecule has 3 N–H and O–H groups in total. The van der Waals surface area contributed by atoms with E-state index >= 15 is 0 Å². The van der Waals surface area contributed by atoms with E-state index in [-0.39, 0.29) is 23.0 Å². The second kappa shape index (κ2) is 8.68. The van der Waals surface area contributed by atoms with E-state index in [0.717, 1.165) is 43.9 Å². The van der Waals surface area contributed by atoms with Gasteiger partial charge in [-0.1, -0.05) is 18.7 Å². The number of piperidine rings is 1. The fraction of sp³-hybridized carbons (Fsp3) is 0.550. The van der Waals surface area contributed by atoms with Crippen molar-refractivity contribution in [3.05, 3.63) is 35.4 Å². The number of hydrogen-bond donors (Lipinski definition) is 2. The predicted octanol–water partition coefficient (Wildman–Crippen LogP) is 3.80. The Hall–Kier alpha value is -1.91. The van der Waals surface area contributed by atoms with E-state index in [4.69, 9.17) is 5.73 Å². The molecule has 2 aromatic heterocycles. The number of rotatable bonds is 5. The molecule has 0 aromatic carbocycles. The van der Waals surface area contributed by atoms with Crippen LogP contribution in [0.25, 0.3) is 0 Å². The average Bonchev–Trinajstić information content (AvgIpc) is 2.69. The van der Waals surface area contributed by atoms with Crippen molar-refractivity contribution in [3.8, 4) is 0 Å². The average molecular weight is 442 g/mol. The summed E-state index contributed by atoms with van der Waals surface area (Å²) in [6.45, 7) is 7.00. The van der Waals surface area contributed by atoms with Crippen LogP contribution in [0.1, 0.15) is 43.8 Å². The van der Waals surface area contributed by atoms with Gasteiger partial charge in [0, 0.05) is 30.2 Å². The molecule has 0 saturated carbocycles. The summed E-state index contributed by atoms with van der Waals surface area (Å²) >= 11 is 0.854. The van der Waals surface area contributed by atoms with Crippen LogP contribution >= 0.6 is 11.8 Å². The lowest BCUT2D eigenvalue weighted by Gasteiger charge is -2.42. The van der Waals surface area contributed by atoms with Crippen molar-refractivity contribution in [2.75, 3.05) is 18.0 Å². The maximum atomic E-state index is 13.3. The summed E-state index contributed by atoms with van der Waals surface area (Å²) in [6, 6.07) is 2.88. The van der Waals surface area contributed by atoms with Gasteiger partial charge in [-0.25, -0.2) is 9.97 Å². The number of aliphatic hydroxyl groups excluding tert-OH is 1. The van der Waals surface area contributed by atoms with Crippen molar-refractivity contribution in [1.29, 1.82) is 0 Å². The van der Waals surface area contributed by atoms with Crippen molar-refractivity contribution in [3.63, 3.8) is 0 Å². The fourth-order valence-electron chi connectivity index (χ4n) is 3.46. The molecule has 0 amide bonds. The Kier molecular flexibility index (Phi) is 6.59. The lowest BCUT2D eigenvalue weighted by atomic mass is 9.75. The number of hydrogen-bond acceptors (Lipinski definition) is 7. The van der Waals surface area contributed by atoms with E-state index in [1.165, 1.54) is 12.1 Å². The van der Waals surface area contributed by atoms with Crippen molar-refractivity contribution >= 4 is 17.6 Å². The zero-order valence-electron chi connectivity index (χ0n) is 17.2. The Morgan fingerprint density at radius 1 is 1.30 bits per heavy atom. The minimum atomic E-state index is -4.56. The number of alkyl halides is 3. The molecule has 0 unspecified atom stereocenters. The molecule has 6 nitrogen and oxygen atoms in total. The number of anilines is 1. The Balaban J connectivity index is 1.88. The highest BCUT2D eigenvalue weighted by molar-refractivity contribution is 7.99. The van der Waals surface area contributed by atoms with Gasteiger partial charge in [-0.15, -0.1) is 0 Å². The number of aromatic nitrogens is 3. The van der Waals surface area contributed by atoms with Crippen LogP contribution in [0.5, 0.6) is 0 Å². The molecule has 0 bridgehead atoms. The van der Waals surface area contributed by atoms with Gasteiger partial charge in [-0.05, 0) is 44.2 Å².